The molecule has 2 aromatic rings. The molecule has 4 nitrogen and oxygen atoms in total. The number of nitrogen functional groups attached to an aromatic ring is 1. The van der Waals surface area contributed by atoms with Crippen molar-refractivity contribution >= 4 is 39.7 Å². The van der Waals surface area contributed by atoms with Gasteiger partial charge in [0, 0.05) is 11.4 Å². The Morgan fingerprint density at radius 3 is 2.79 bits per heavy atom. The Morgan fingerprint density at radius 1 is 1.47 bits per heavy atom. The first-order valence-electron chi connectivity index (χ1n) is 5.10. The predicted octanol–water partition coefficient (Wildman–Crippen LogP) is 2.84. The second-order valence-electron chi connectivity index (χ2n) is 3.65. The van der Waals surface area contributed by atoms with Gasteiger partial charge in [0.25, 0.3) is 0 Å². The van der Waals surface area contributed by atoms with Crippen LogP contribution in [-0.4, -0.2) is 10.9 Å². The number of amides is 1. The van der Waals surface area contributed by atoms with Gasteiger partial charge in [-0.1, -0.05) is 11.6 Å². The molecular formula is C11H8ClF2N3OS. The standard InChI is InChI=1S/C11H8ClF2N3OS/c12-7-1-5(13)2-8(14)10(7)17-9(18)3-6-4-19-11(15)16-6/h1-2,4H,3H2,(H2,15,16)(H,17,18). The Kier molecular flexibility index (Phi) is 3.96. The summed E-state index contributed by atoms with van der Waals surface area (Å²) in [6, 6.07) is 1.56. The molecule has 0 unspecified atom stereocenters. The van der Waals surface area contributed by atoms with E-state index in [1.54, 1.807) is 5.38 Å². The minimum Gasteiger partial charge on any atom is -0.375 e. The molecule has 1 amide bonds. The summed E-state index contributed by atoms with van der Waals surface area (Å²) in [6.07, 6.45) is -0.0686. The van der Waals surface area contributed by atoms with Gasteiger partial charge in [-0.3, -0.25) is 4.79 Å². The van der Waals surface area contributed by atoms with E-state index in [-0.39, 0.29) is 17.1 Å². The number of carbonyl (C=O) groups is 1. The smallest absolute Gasteiger partial charge is 0.230 e. The third-order valence-corrected chi connectivity index (χ3v) is 3.20. The number of anilines is 2. The van der Waals surface area contributed by atoms with Crippen molar-refractivity contribution in [1.82, 2.24) is 4.98 Å². The maximum atomic E-state index is 13.4. The Labute approximate surface area is 116 Å². The van der Waals surface area contributed by atoms with Gasteiger partial charge in [0.2, 0.25) is 5.91 Å². The number of rotatable bonds is 3. The van der Waals surface area contributed by atoms with Crippen LogP contribution in [0, 0.1) is 11.6 Å². The van der Waals surface area contributed by atoms with E-state index < -0.39 is 17.5 Å². The highest BCUT2D eigenvalue weighted by Crippen LogP contribution is 2.26. The fourth-order valence-electron chi connectivity index (χ4n) is 1.41. The van der Waals surface area contributed by atoms with Crippen LogP contribution in [0.2, 0.25) is 5.02 Å². The quantitative estimate of drug-likeness (QED) is 0.916. The first-order valence-corrected chi connectivity index (χ1v) is 6.35. The summed E-state index contributed by atoms with van der Waals surface area (Å²) in [4.78, 5) is 15.6. The molecule has 0 saturated heterocycles. The number of nitrogens with one attached hydrogen (secondary N) is 1. The molecule has 0 saturated carbocycles. The second kappa shape index (κ2) is 5.50. The minimum atomic E-state index is -0.934. The minimum absolute atomic E-state index is 0.0686. The van der Waals surface area contributed by atoms with Gasteiger partial charge in [-0.2, -0.15) is 0 Å². The van der Waals surface area contributed by atoms with Crippen molar-refractivity contribution < 1.29 is 13.6 Å². The zero-order valence-corrected chi connectivity index (χ0v) is 11.0. The molecule has 0 aliphatic rings. The number of hydrogen-bond donors (Lipinski definition) is 2. The van der Waals surface area contributed by atoms with Gasteiger partial charge in [0.05, 0.1) is 22.8 Å². The molecule has 100 valence electrons. The zero-order valence-electron chi connectivity index (χ0n) is 9.41. The molecule has 0 aliphatic carbocycles. The summed E-state index contributed by atoms with van der Waals surface area (Å²) in [6.45, 7) is 0. The number of hydrogen-bond acceptors (Lipinski definition) is 4. The highest BCUT2D eigenvalue weighted by Gasteiger charge is 2.14. The molecule has 0 atom stereocenters. The molecule has 0 fully saturated rings. The van der Waals surface area contributed by atoms with Crippen molar-refractivity contribution in [2.75, 3.05) is 11.1 Å². The lowest BCUT2D eigenvalue weighted by Gasteiger charge is -2.07. The van der Waals surface area contributed by atoms with Gasteiger partial charge in [-0.15, -0.1) is 11.3 Å². The SMILES string of the molecule is Nc1nc(CC(=O)Nc2c(F)cc(F)cc2Cl)cs1. The van der Waals surface area contributed by atoms with Crippen LogP contribution in [0.4, 0.5) is 19.6 Å². The topological polar surface area (TPSA) is 68.0 Å². The van der Waals surface area contributed by atoms with E-state index in [4.69, 9.17) is 17.3 Å². The lowest BCUT2D eigenvalue weighted by Crippen LogP contribution is -2.16. The normalized spacial score (nSPS) is 10.5. The highest BCUT2D eigenvalue weighted by molar-refractivity contribution is 7.13. The monoisotopic (exact) mass is 303 g/mol. The molecule has 0 aliphatic heterocycles. The van der Waals surface area contributed by atoms with Gasteiger partial charge in [-0.25, -0.2) is 13.8 Å². The van der Waals surface area contributed by atoms with Crippen LogP contribution in [0.25, 0.3) is 0 Å². The number of nitrogens with two attached hydrogens (primary N) is 1. The maximum absolute atomic E-state index is 13.4. The number of aromatic nitrogens is 1. The van der Waals surface area contributed by atoms with E-state index in [2.05, 4.69) is 10.3 Å². The van der Waals surface area contributed by atoms with Crippen LogP contribution in [0.15, 0.2) is 17.5 Å². The van der Waals surface area contributed by atoms with E-state index in [1.807, 2.05) is 0 Å². The third kappa shape index (κ3) is 3.39. The zero-order chi connectivity index (χ0) is 14.0. The number of benzene rings is 1. The van der Waals surface area contributed by atoms with Crippen LogP contribution in [0.3, 0.4) is 0 Å². The molecule has 1 aromatic carbocycles. The average Bonchev–Trinajstić information content (AvgIpc) is 2.69. The van der Waals surface area contributed by atoms with Crippen molar-refractivity contribution in [2.24, 2.45) is 0 Å². The Hall–Kier alpha value is -1.73. The van der Waals surface area contributed by atoms with Crippen molar-refractivity contribution in [2.45, 2.75) is 6.42 Å². The molecule has 3 N–H and O–H groups in total. The van der Waals surface area contributed by atoms with Crippen molar-refractivity contribution in [3.63, 3.8) is 0 Å². The molecular weight excluding hydrogens is 296 g/mol. The average molecular weight is 304 g/mol. The molecule has 1 heterocycles. The molecule has 8 heteroatoms. The van der Waals surface area contributed by atoms with Gasteiger partial charge < -0.3 is 11.1 Å². The highest BCUT2D eigenvalue weighted by atomic mass is 35.5. The number of thiazole rings is 1. The predicted molar refractivity (Wildman–Crippen MR) is 70.2 cm³/mol. The second-order valence-corrected chi connectivity index (χ2v) is 4.94. The van der Waals surface area contributed by atoms with Crippen LogP contribution in [0.5, 0.6) is 0 Å². The Morgan fingerprint density at radius 2 is 2.21 bits per heavy atom. The van der Waals surface area contributed by atoms with Crippen molar-refractivity contribution in [1.29, 1.82) is 0 Å². The van der Waals surface area contributed by atoms with E-state index >= 15 is 0 Å². The van der Waals surface area contributed by atoms with E-state index in [0.29, 0.717) is 16.9 Å². The van der Waals surface area contributed by atoms with Crippen molar-refractivity contribution in [3.05, 3.63) is 39.9 Å². The molecule has 2 rings (SSSR count). The summed E-state index contributed by atoms with van der Waals surface area (Å²) in [7, 11) is 0. The van der Waals surface area contributed by atoms with Crippen LogP contribution in [-0.2, 0) is 11.2 Å². The van der Waals surface area contributed by atoms with Crippen LogP contribution < -0.4 is 11.1 Å². The molecule has 0 spiro atoms. The molecule has 0 radical (unpaired) electrons. The summed E-state index contributed by atoms with van der Waals surface area (Å²) >= 11 is 6.86. The fraction of sp³-hybridized carbons (Fsp3) is 0.0909. The Balaban J connectivity index is 2.11. The van der Waals surface area contributed by atoms with Gasteiger partial charge in [-0.05, 0) is 6.07 Å². The largest absolute Gasteiger partial charge is 0.375 e. The van der Waals surface area contributed by atoms with Gasteiger partial charge >= 0.3 is 0 Å². The summed E-state index contributed by atoms with van der Waals surface area (Å²) < 4.78 is 26.3. The number of carbonyl (C=O) groups excluding carboxylic acids is 1. The molecule has 19 heavy (non-hydrogen) atoms. The van der Waals surface area contributed by atoms with E-state index in [0.717, 1.165) is 6.07 Å². The van der Waals surface area contributed by atoms with E-state index in [9.17, 15) is 13.6 Å². The first-order chi connectivity index (χ1) is 8.95. The number of nitrogens with zero attached hydrogens (tertiary/aromatic N) is 1. The summed E-state index contributed by atoms with van der Waals surface area (Å²) in [5.41, 5.74) is 5.64. The molecule has 1 aromatic heterocycles. The van der Waals surface area contributed by atoms with Crippen LogP contribution >= 0.6 is 22.9 Å². The lowest BCUT2D eigenvalue weighted by atomic mass is 10.2. The van der Waals surface area contributed by atoms with E-state index in [1.165, 1.54) is 11.3 Å². The molecule has 0 bridgehead atoms. The first kappa shape index (κ1) is 13.7. The van der Waals surface area contributed by atoms with Crippen molar-refractivity contribution in [3.8, 4) is 0 Å². The third-order valence-electron chi connectivity index (χ3n) is 2.18. The number of halogens is 3. The van der Waals surface area contributed by atoms with Crippen LogP contribution in [0.1, 0.15) is 5.69 Å². The summed E-state index contributed by atoms with van der Waals surface area (Å²) in [5.74, 6) is -2.26. The maximum Gasteiger partial charge on any atom is 0.230 e. The Bertz CT molecular complexity index is 609. The van der Waals surface area contributed by atoms with Gasteiger partial charge in [0.15, 0.2) is 10.9 Å². The lowest BCUT2D eigenvalue weighted by molar-refractivity contribution is -0.115. The summed E-state index contributed by atoms with van der Waals surface area (Å²) in [5, 5.41) is 4.03. The van der Waals surface area contributed by atoms with Gasteiger partial charge in [0.1, 0.15) is 5.82 Å². The fourth-order valence-corrected chi connectivity index (χ4v) is 2.22.